The maximum Gasteiger partial charge on any atom is 0.256 e. The Kier molecular flexibility index (Phi) is 5.75. The quantitative estimate of drug-likeness (QED) is 0.554. The summed E-state index contributed by atoms with van der Waals surface area (Å²) in [6.07, 6.45) is 0.225. The molecule has 2 heterocycles. The second kappa shape index (κ2) is 8.11. The van der Waals surface area contributed by atoms with Crippen molar-refractivity contribution in [1.82, 2.24) is 15.2 Å². The molecule has 0 bridgehead atoms. The zero-order valence-corrected chi connectivity index (χ0v) is 17.1. The Morgan fingerprint density at radius 2 is 2.00 bits per heavy atom. The molecule has 9 heteroatoms. The van der Waals surface area contributed by atoms with Gasteiger partial charge >= 0.3 is 0 Å². The van der Waals surface area contributed by atoms with E-state index in [1.807, 2.05) is 0 Å². The van der Waals surface area contributed by atoms with Crippen molar-refractivity contribution < 1.29 is 23.9 Å². The Morgan fingerprint density at radius 3 is 2.67 bits per heavy atom. The summed E-state index contributed by atoms with van der Waals surface area (Å²) in [6.45, 7) is 3.19. The van der Waals surface area contributed by atoms with Gasteiger partial charge in [-0.15, -0.1) is 0 Å². The third kappa shape index (κ3) is 3.97. The zero-order chi connectivity index (χ0) is 22.2. The molecule has 3 rings (SSSR count). The van der Waals surface area contributed by atoms with Gasteiger partial charge in [0.1, 0.15) is 11.9 Å². The first-order valence-electron chi connectivity index (χ1n) is 9.29. The van der Waals surface area contributed by atoms with Gasteiger partial charge in [-0.2, -0.15) is 0 Å². The van der Waals surface area contributed by atoms with Crippen LogP contribution in [0, 0.1) is 19.7 Å². The lowest BCUT2D eigenvalue weighted by Crippen LogP contribution is -2.42. The summed E-state index contributed by atoms with van der Waals surface area (Å²) in [7, 11) is 3.02. The van der Waals surface area contributed by atoms with E-state index in [0.717, 1.165) is 0 Å². The Bertz CT molecular complexity index is 1070. The van der Waals surface area contributed by atoms with Crippen LogP contribution in [0.15, 0.2) is 18.2 Å². The number of carbonyl (C=O) groups is 3. The van der Waals surface area contributed by atoms with E-state index in [0.29, 0.717) is 33.8 Å². The topological polar surface area (TPSA) is 115 Å². The molecule has 0 fully saturated rings. The Morgan fingerprint density at radius 1 is 1.30 bits per heavy atom. The average molecular weight is 414 g/mol. The number of rotatable bonds is 5. The highest BCUT2D eigenvalue weighted by Crippen LogP contribution is 2.34. The predicted molar refractivity (Wildman–Crippen MR) is 110 cm³/mol. The normalized spacial score (nSPS) is 15.0. The molecule has 0 saturated heterocycles. The molecule has 1 aliphatic heterocycles. The highest BCUT2D eigenvalue weighted by atomic mass is 19.1. The van der Waals surface area contributed by atoms with Gasteiger partial charge in [-0.25, -0.2) is 4.39 Å². The fourth-order valence-electron chi connectivity index (χ4n) is 3.37. The van der Waals surface area contributed by atoms with E-state index in [1.54, 1.807) is 19.9 Å². The molecule has 0 aliphatic carbocycles. The maximum atomic E-state index is 13.6. The summed E-state index contributed by atoms with van der Waals surface area (Å²) in [5.74, 6) is -1.79. The second-order valence-corrected chi connectivity index (χ2v) is 7.32. The van der Waals surface area contributed by atoms with Crippen LogP contribution < -0.4 is 10.6 Å². The van der Waals surface area contributed by atoms with Crippen LogP contribution in [-0.4, -0.2) is 59.5 Å². The number of aromatic nitrogens is 1. The molecular weight excluding hydrogens is 391 g/mol. The lowest BCUT2D eigenvalue weighted by molar-refractivity contribution is -0.137. The van der Waals surface area contributed by atoms with E-state index in [1.165, 1.54) is 37.2 Å². The van der Waals surface area contributed by atoms with E-state index in [2.05, 4.69) is 15.6 Å². The Balaban J connectivity index is 1.86. The predicted octanol–water partition coefficient (Wildman–Crippen LogP) is 1.44. The van der Waals surface area contributed by atoms with Crippen LogP contribution >= 0.6 is 0 Å². The van der Waals surface area contributed by atoms with E-state index in [-0.39, 0.29) is 18.0 Å². The molecule has 30 heavy (non-hydrogen) atoms. The number of benzene rings is 1. The summed E-state index contributed by atoms with van der Waals surface area (Å²) in [6, 6.07) is 4.04. The third-order valence-electron chi connectivity index (χ3n) is 4.94. The van der Waals surface area contributed by atoms with Crippen LogP contribution in [0.25, 0.3) is 11.6 Å². The van der Waals surface area contributed by atoms with Crippen LogP contribution in [-0.2, 0) is 9.59 Å². The fourth-order valence-corrected chi connectivity index (χ4v) is 3.37. The smallest absolute Gasteiger partial charge is 0.256 e. The van der Waals surface area contributed by atoms with Crippen LogP contribution in [0.3, 0.4) is 0 Å². The molecule has 1 aromatic heterocycles. The van der Waals surface area contributed by atoms with Gasteiger partial charge < -0.3 is 25.6 Å². The minimum atomic E-state index is -1.35. The first kappa shape index (κ1) is 21.3. The van der Waals surface area contributed by atoms with E-state index >= 15 is 0 Å². The molecule has 1 atom stereocenters. The molecule has 2 aromatic rings. The number of nitrogens with zero attached hydrogens (tertiary/aromatic N) is 1. The van der Waals surface area contributed by atoms with Gasteiger partial charge in [0.25, 0.3) is 17.7 Å². The van der Waals surface area contributed by atoms with E-state index in [9.17, 15) is 23.9 Å². The number of aliphatic hydroxyl groups excluding tert-OH is 1. The standard InChI is InChI=1S/C21H23FN4O4/c1-10-16(8-14-13-7-12(22)5-6-15(13)25-19(14)28)24-11(2)18(10)20(29)23-9-17(27)21(30)26(3)4/h5-8,17,24,27H,9H2,1-4H3,(H,23,29)(H,25,28)/b14-8-. The number of amides is 3. The zero-order valence-electron chi connectivity index (χ0n) is 17.1. The van der Waals surface area contributed by atoms with Gasteiger partial charge in [0.05, 0.1) is 17.7 Å². The van der Waals surface area contributed by atoms with E-state index < -0.39 is 23.7 Å². The van der Waals surface area contributed by atoms with Gasteiger partial charge in [0.2, 0.25) is 0 Å². The molecule has 1 unspecified atom stereocenters. The van der Waals surface area contributed by atoms with E-state index in [4.69, 9.17) is 0 Å². The van der Waals surface area contributed by atoms with Crippen molar-refractivity contribution in [2.75, 3.05) is 26.0 Å². The number of aromatic amines is 1. The molecule has 158 valence electrons. The van der Waals surface area contributed by atoms with Gasteiger partial charge in [0, 0.05) is 36.7 Å². The number of hydrogen-bond donors (Lipinski definition) is 4. The number of nitrogens with one attached hydrogen (secondary N) is 3. The Hall–Kier alpha value is -3.46. The van der Waals surface area contributed by atoms with Crippen molar-refractivity contribution in [2.24, 2.45) is 0 Å². The number of likely N-dealkylation sites (N-methyl/N-ethyl adjacent to an activating group) is 1. The Labute approximate surface area is 172 Å². The first-order valence-corrected chi connectivity index (χ1v) is 9.29. The molecular formula is C21H23FN4O4. The highest BCUT2D eigenvalue weighted by Gasteiger charge is 2.26. The summed E-state index contributed by atoms with van der Waals surface area (Å²) in [5.41, 5.74) is 3.28. The third-order valence-corrected chi connectivity index (χ3v) is 4.94. The number of aliphatic hydroxyl groups is 1. The molecule has 3 amide bonds. The van der Waals surface area contributed by atoms with Gasteiger partial charge in [-0.05, 0) is 43.7 Å². The molecule has 8 nitrogen and oxygen atoms in total. The lowest BCUT2D eigenvalue weighted by atomic mass is 10.0. The van der Waals surface area contributed by atoms with Crippen molar-refractivity contribution in [3.8, 4) is 0 Å². The van der Waals surface area contributed by atoms with Crippen LogP contribution in [0.4, 0.5) is 10.1 Å². The number of hydrogen-bond acceptors (Lipinski definition) is 4. The number of fused-ring (bicyclic) bond motifs is 1. The number of H-pyrrole nitrogens is 1. The highest BCUT2D eigenvalue weighted by molar-refractivity contribution is 6.34. The average Bonchev–Trinajstić information content (AvgIpc) is 3.14. The second-order valence-electron chi connectivity index (χ2n) is 7.32. The minimum Gasteiger partial charge on any atom is -0.381 e. The molecule has 0 spiro atoms. The molecule has 4 N–H and O–H groups in total. The van der Waals surface area contributed by atoms with Crippen molar-refractivity contribution in [2.45, 2.75) is 20.0 Å². The van der Waals surface area contributed by atoms with Crippen molar-refractivity contribution in [1.29, 1.82) is 0 Å². The maximum absolute atomic E-state index is 13.6. The molecule has 0 saturated carbocycles. The van der Waals surface area contributed by atoms with Crippen molar-refractivity contribution in [3.63, 3.8) is 0 Å². The van der Waals surface area contributed by atoms with Crippen molar-refractivity contribution >= 4 is 35.1 Å². The monoisotopic (exact) mass is 414 g/mol. The summed E-state index contributed by atoms with van der Waals surface area (Å²) >= 11 is 0. The summed E-state index contributed by atoms with van der Waals surface area (Å²) in [5, 5.41) is 15.1. The minimum absolute atomic E-state index is 0.231. The van der Waals surface area contributed by atoms with Crippen molar-refractivity contribution in [3.05, 3.63) is 52.1 Å². The van der Waals surface area contributed by atoms with Gasteiger partial charge in [-0.1, -0.05) is 0 Å². The molecule has 1 aliphatic rings. The SMILES string of the molecule is Cc1[nH]c(/C=C2\C(=O)Nc3ccc(F)cc32)c(C)c1C(=O)NCC(O)C(=O)N(C)C. The van der Waals surface area contributed by atoms with Gasteiger partial charge in [0.15, 0.2) is 0 Å². The number of carbonyl (C=O) groups excluding carboxylic acids is 3. The lowest BCUT2D eigenvalue weighted by Gasteiger charge is -2.16. The van der Waals surface area contributed by atoms with Gasteiger partial charge in [-0.3, -0.25) is 14.4 Å². The van der Waals surface area contributed by atoms with Crippen LogP contribution in [0.5, 0.6) is 0 Å². The van der Waals surface area contributed by atoms with Crippen LogP contribution in [0.1, 0.15) is 32.9 Å². The number of halogens is 1. The largest absolute Gasteiger partial charge is 0.381 e. The fraction of sp³-hybridized carbons (Fsp3) is 0.286. The van der Waals surface area contributed by atoms with Crippen LogP contribution in [0.2, 0.25) is 0 Å². The number of anilines is 1. The first-order chi connectivity index (χ1) is 14.1. The molecule has 1 aromatic carbocycles. The summed E-state index contributed by atoms with van der Waals surface area (Å²) < 4.78 is 13.6. The number of aryl methyl sites for hydroxylation is 1. The molecule has 0 radical (unpaired) electrons. The summed E-state index contributed by atoms with van der Waals surface area (Å²) in [4.78, 5) is 41.0.